The molecule has 0 aromatic rings. The number of nitrogens with two attached hydrogens (primary N) is 1. The lowest BCUT2D eigenvalue weighted by Crippen LogP contribution is -2.49. The minimum absolute atomic E-state index is 0. The van der Waals surface area contributed by atoms with Crippen molar-refractivity contribution in [3.8, 4) is 0 Å². The maximum atomic E-state index is 11.3. The standard InChI is InChI=1S/C11H23N3O.ClH/c1-3-14-7-5-4-6-10(14)8-13-11(15)9(2)12;/h9-10H,3-8,12H2,1-2H3,(H,13,15);1H. The summed E-state index contributed by atoms with van der Waals surface area (Å²) in [6.07, 6.45) is 3.74. The second-order valence-electron chi connectivity index (χ2n) is 4.31. The Hall–Kier alpha value is -0.320. The molecule has 1 aliphatic rings. The van der Waals surface area contributed by atoms with Crippen molar-refractivity contribution >= 4 is 18.3 Å². The summed E-state index contributed by atoms with van der Waals surface area (Å²) in [4.78, 5) is 13.8. The molecule has 2 atom stereocenters. The summed E-state index contributed by atoms with van der Waals surface area (Å²) in [6.45, 7) is 6.86. The van der Waals surface area contributed by atoms with E-state index in [9.17, 15) is 4.79 Å². The second-order valence-corrected chi connectivity index (χ2v) is 4.31. The number of amides is 1. The van der Waals surface area contributed by atoms with Crippen molar-refractivity contribution in [1.29, 1.82) is 0 Å². The van der Waals surface area contributed by atoms with Gasteiger partial charge in [0.15, 0.2) is 0 Å². The van der Waals surface area contributed by atoms with Crippen LogP contribution in [0.5, 0.6) is 0 Å². The van der Waals surface area contributed by atoms with Crippen molar-refractivity contribution in [2.45, 2.75) is 45.2 Å². The molecule has 4 nitrogen and oxygen atoms in total. The molecule has 16 heavy (non-hydrogen) atoms. The van der Waals surface area contributed by atoms with Crippen LogP contribution in [0.25, 0.3) is 0 Å². The van der Waals surface area contributed by atoms with E-state index in [1.807, 2.05) is 0 Å². The van der Waals surface area contributed by atoms with Crippen LogP contribution in [0.3, 0.4) is 0 Å². The van der Waals surface area contributed by atoms with E-state index in [2.05, 4.69) is 17.1 Å². The summed E-state index contributed by atoms with van der Waals surface area (Å²) in [7, 11) is 0. The molecule has 1 aliphatic heterocycles. The van der Waals surface area contributed by atoms with Gasteiger partial charge in [0.05, 0.1) is 6.04 Å². The molecule has 0 spiro atoms. The lowest BCUT2D eigenvalue weighted by atomic mass is 10.0. The van der Waals surface area contributed by atoms with E-state index < -0.39 is 6.04 Å². The summed E-state index contributed by atoms with van der Waals surface area (Å²) in [5, 5.41) is 2.91. The van der Waals surface area contributed by atoms with Crippen LogP contribution in [0, 0.1) is 0 Å². The molecule has 0 bridgehead atoms. The maximum Gasteiger partial charge on any atom is 0.236 e. The average Bonchev–Trinajstić information content (AvgIpc) is 2.26. The Morgan fingerprint density at radius 2 is 2.25 bits per heavy atom. The van der Waals surface area contributed by atoms with Crippen LogP contribution >= 0.6 is 12.4 Å². The lowest BCUT2D eigenvalue weighted by molar-refractivity contribution is -0.122. The minimum Gasteiger partial charge on any atom is -0.353 e. The Balaban J connectivity index is 0.00000225. The van der Waals surface area contributed by atoms with E-state index >= 15 is 0 Å². The van der Waals surface area contributed by atoms with Gasteiger partial charge in [-0.05, 0) is 32.9 Å². The first-order chi connectivity index (χ1) is 7.15. The average molecular weight is 250 g/mol. The Bertz CT molecular complexity index is 211. The molecular formula is C11H24ClN3O. The summed E-state index contributed by atoms with van der Waals surface area (Å²) >= 11 is 0. The SMILES string of the molecule is CCN1CCCCC1CNC(=O)C(C)N.Cl. The highest BCUT2D eigenvalue weighted by atomic mass is 35.5. The van der Waals surface area contributed by atoms with Crippen molar-refractivity contribution in [1.82, 2.24) is 10.2 Å². The molecule has 3 N–H and O–H groups in total. The molecular weight excluding hydrogens is 226 g/mol. The van der Waals surface area contributed by atoms with Crippen molar-refractivity contribution in [2.24, 2.45) is 5.73 Å². The number of nitrogens with one attached hydrogen (secondary N) is 1. The molecule has 2 unspecified atom stereocenters. The molecule has 1 rings (SSSR count). The molecule has 0 aromatic carbocycles. The van der Waals surface area contributed by atoms with E-state index in [0.29, 0.717) is 6.04 Å². The molecule has 0 radical (unpaired) electrons. The second kappa shape index (κ2) is 7.87. The van der Waals surface area contributed by atoms with Gasteiger partial charge in [-0.15, -0.1) is 12.4 Å². The van der Waals surface area contributed by atoms with Crippen LogP contribution in [0.4, 0.5) is 0 Å². The van der Waals surface area contributed by atoms with Gasteiger partial charge in [0.2, 0.25) is 5.91 Å². The first-order valence-corrected chi connectivity index (χ1v) is 5.92. The van der Waals surface area contributed by atoms with Gasteiger partial charge in [0, 0.05) is 12.6 Å². The highest BCUT2D eigenvalue weighted by molar-refractivity contribution is 5.85. The fourth-order valence-corrected chi connectivity index (χ4v) is 2.09. The molecule has 5 heteroatoms. The summed E-state index contributed by atoms with van der Waals surface area (Å²) in [6, 6.07) is 0.107. The number of hydrogen-bond acceptors (Lipinski definition) is 3. The Kier molecular flexibility index (Phi) is 7.72. The van der Waals surface area contributed by atoms with Gasteiger partial charge in [-0.25, -0.2) is 0 Å². The van der Waals surface area contributed by atoms with E-state index in [-0.39, 0.29) is 18.3 Å². The Morgan fingerprint density at radius 3 is 2.81 bits per heavy atom. The lowest BCUT2D eigenvalue weighted by Gasteiger charge is -2.35. The molecule has 1 fully saturated rings. The van der Waals surface area contributed by atoms with E-state index in [1.165, 1.54) is 19.3 Å². The van der Waals surface area contributed by atoms with Crippen LogP contribution in [0.2, 0.25) is 0 Å². The number of rotatable bonds is 4. The molecule has 1 saturated heterocycles. The highest BCUT2D eigenvalue weighted by Gasteiger charge is 2.21. The van der Waals surface area contributed by atoms with Gasteiger partial charge < -0.3 is 11.1 Å². The quantitative estimate of drug-likeness (QED) is 0.773. The number of likely N-dealkylation sites (N-methyl/N-ethyl adjacent to an activating group) is 1. The third-order valence-electron chi connectivity index (χ3n) is 3.08. The summed E-state index contributed by atoms with van der Waals surface area (Å²) in [5.41, 5.74) is 5.49. The number of carbonyl (C=O) groups excluding carboxylic acids is 1. The summed E-state index contributed by atoms with van der Waals surface area (Å²) < 4.78 is 0. The molecule has 96 valence electrons. The number of hydrogen-bond donors (Lipinski definition) is 2. The fraction of sp³-hybridized carbons (Fsp3) is 0.909. The number of halogens is 1. The first-order valence-electron chi connectivity index (χ1n) is 5.92. The highest BCUT2D eigenvalue weighted by Crippen LogP contribution is 2.15. The monoisotopic (exact) mass is 249 g/mol. The van der Waals surface area contributed by atoms with Crippen LogP contribution in [0.1, 0.15) is 33.1 Å². The van der Waals surface area contributed by atoms with Crippen molar-refractivity contribution in [3.63, 3.8) is 0 Å². The van der Waals surface area contributed by atoms with Gasteiger partial charge in [-0.3, -0.25) is 9.69 Å². The predicted molar refractivity (Wildman–Crippen MR) is 68.8 cm³/mol. The zero-order valence-corrected chi connectivity index (χ0v) is 11.1. The fourth-order valence-electron chi connectivity index (χ4n) is 2.09. The number of carbonyl (C=O) groups is 1. The van der Waals surface area contributed by atoms with Gasteiger partial charge in [-0.2, -0.15) is 0 Å². The number of nitrogens with zero attached hydrogens (tertiary/aromatic N) is 1. The van der Waals surface area contributed by atoms with Gasteiger partial charge in [0.25, 0.3) is 0 Å². The van der Waals surface area contributed by atoms with Crippen molar-refractivity contribution in [2.75, 3.05) is 19.6 Å². The molecule has 1 amide bonds. The van der Waals surface area contributed by atoms with Crippen LogP contribution in [-0.2, 0) is 4.79 Å². The normalized spacial score (nSPS) is 23.3. The van der Waals surface area contributed by atoms with Crippen LogP contribution < -0.4 is 11.1 Å². The predicted octanol–water partition coefficient (Wildman–Crippen LogP) is 0.746. The smallest absolute Gasteiger partial charge is 0.236 e. The van der Waals surface area contributed by atoms with Crippen molar-refractivity contribution < 1.29 is 4.79 Å². The van der Waals surface area contributed by atoms with Gasteiger partial charge in [0.1, 0.15) is 0 Å². The molecule has 0 saturated carbocycles. The van der Waals surface area contributed by atoms with Crippen LogP contribution in [0.15, 0.2) is 0 Å². The van der Waals surface area contributed by atoms with Crippen molar-refractivity contribution in [3.05, 3.63) is 0 Å². The largest absolute Gasteiger partial charge is 0.353 e. The Labute approximate surface area is 104 Å². The molecule has 0 aliphatic carbocycles. The van der Waals surface area contributed by atoms with Gasteiger partial charge in [-0.1, -0.05) is 13.3 Å². The van der Waals surface area contributed by atoms with E-state index in [0.717, 1.165) is 19.6 Å². The van der Waals surface area contributed by atoms with E-state index in [1.54, 1.807) is 6.92 Å². The zero-order chi connectivity index (χ0) is 11.3. The molecule has 0 aromatic heterocycles. The first kappa shape index (κ1) is 15.7. The topological polar surface area (TPSA) is 58.4 Å². The number of likely N-dealkylation sites (tertiary alicyclic amines) is 1. The summed E-state index contributed by atoms with van der Waals surface area (Å²) in [5.74, 6) is -0.0448. The maximum absolute atomic E-state index is 11.3. The third-order valence-corrected chi connectivity index (χ3v) is 3.08. The third kappa shape index (κ3) is 4.68. The Morgan fingerprint density at radius 1 is 1.56 bits per heavy atom. The molecule has 1 heterocycles. The van der Waals surface area contributed by atoms with Crippen LogP contribution in [-0.4, -0.2) is 42.5 Å². The number of piperidine rings is 1. The minimum atomic E-state index is -0.399. The zero-order valence-electron chi connectivity index (χ0n) is 10.2. The van der Waals surface area contributed by atoms with E-state index in [4.69, 9.17) is 5.73 Å². The van der Waals surface area contributed by atoms with Gasteiger partial charge >= 0.3 is 0 Å².